The van der Waals surface area contributed by atoms with Gasteiger partial charge in [-0.05, 0) is 12.0 Å². The van der Waals surface area contributed by atoms with Gasteiger partial charge in [0.05, 0.1) is 0 Å². The smallest absolute Gasteiger partial charge is 0.194 e. The number of hydrogen-bond donors (Lipinski definition) is 2. The van der Waals surface area contributed by atoms with Gasteiger partial charge in [0.25, 0.3) is 0 Å². The van der Waals surface area contributed by atoms with Gasteiger partial charge in [-0.3, -0.25) is 4.79 Å². The predicted octanol–water partition coefficient (Wildman–Crippen LogP) is 2.62. The molecular weight excluding hydrogens is 228 g/mol. The van der Waals surface area contributed by atoms with Gasteiger partial charge >= 0.3 is 0 Å². The first-order valence-electron chi connectivity index (χ1n) is 6.61. The molecule has 2 N–H and O–H groups in total. The Bertz CT molecular complexity index is 348. The van der Waals surface area contributed by atoms with E-state index in [0.29, 0.717) is 12.0 Å². The number of aliphatic hydroxyl groups is 2. The number of rotatable bonds is 8. The fraction of sp³-hybridized carbons (Fsp3) is 0.533. The molecule has 0 radical (unpaired) electrons. The Kier molecular flexibility index (Phi) is 6.61. The van der Waals surface area contributed by atoms with Crippen molar-refractivity contribution in [2.75, 3.05) is 0 Å². The average Bonchev–Trinajstić information content (AvgIpc) is 2.42. The maximum Gasteiger partial charge on any atom is 0.194 e. The molecule has 100 valence electrons. The SMILES string of the molecule is CCCCCCC(O)C(=O)C(O)c1ccccc1. The molecule has 1 rings (SSSR count). The Morgan fingerprint density at radius 3 is 2.39 bits per heavy atom. The molecule has 0 aromatic heterocycles. The Balaban J connectivity index is 2.43. The summed E-state index contributed by atoms with van der Waals surface area (Å²) in [6.07, 6.45) is 2.23. The molecule has 0 aliphatic carbocycles. The molecule has 1 aromatic carbocycles. The molecular formula is C15H22O3. The summed E-state index contributed by atoms with van der Waals surface area (Å²) in [7, 11) is 0. The Morgan fingerprint density at radius 2 is 1.78 bits per heavy atom. The summed E-state index contributed by atoms with van der Waals surface area (Å²) in [6, 6.07) is 8.72. The zero-order chi connectivity index (χ0) is 13.4. The third-order valence-electron chi connectivity index (χ3n) is 3.04. The van der Waals surface area contributed by atoms with Gasteiger partial charge in [0.15, 0.2) is 5.78 Å². The third-order valence-corrected chi connectivity index (χ3v) is 3.04. The lowest BCUT2D eigenvalue weighted by Gasteiger charge is -2.14. The number of ketones is 1. The second kappa shape index (κ2) is 8.01. The molecule has 3 nitrogen and oxygen atoms in total. The molecule has 0 bridgehead atoms. The molecule has 1 aromatic rings. The first-order valence-corrected chi connectivity index (χ1v) is 6.61. The fourth-order valence-electron chi connectivity index (χ4n) is 1.89. The lowest BCUT2D eigenvalue weighted by atomic mass is 9.98. The van der Waals surface area contributed by atoms with Crippen LogP contribution in [0.4, 0.5) is 0 Å². The summed E-state index contributed by atoms with van der Waals surface area (Å²) in [5.74, 6) is -0.502. The van der Waals surface area contributed by atoms with Crippen LogP contribution in [0.25, 0.3) is 0 Å². The van der Waals surface area contributed by atoms with Crippen LogP contribution in [-0.4, -0.2) is 22.1 Å². The van der Waals surface area contributed by atoms with Crippen molar-refractivity contribution in [3.8, 4) is 0 Å². The number of Topliss-reactive ketones (excluding diaryl/α,β-unsaturated/α-hetero) is 1. The zero-order valence-electron chi connectivity index (χ0n) is 10.9. The molecule has 0 spiro atoms. The molecule has 0 fully saturated rings. The van der Waals surface area contributed by atoms with Gasteiger partial charge < -0.3 is 10.2 Å². The minimum absolute atomic E-state index is 0.433. The number of carbonyl (C=O) groups excluding carboxylic acids is 1. The largest absolute Gasteiger partial charge is 0.385 e. The van der Waals surface area contributed by atoms with E-state index < -0.39 is 18.0 Å². The molecule has 18 heavy (non-hydrogen) atoms. The zero-order valence-corrected chi connectivity index (χ0v) is 10.9. The van der Waals surface area contributed by atoms with Gasteiger partial charge in [0, 0.05) is 0 Å². The standard InChI is InChI=1S/C15H22O3/c1-2-3-4-8-11-13(16)15(18)14(17)12-9-6-5-7-10-12/h5-7,9-10,13-14,16-17H,2-4,8,11H2,1H3. The highest BCUT2D eigenvalue weighted by atomic mass is 16.3. The van der Waals surface area contributed by atoms with Crippen LogP contribution in [0.3, 0.4) is 0 Å². The maximum atomic E-state index is 11.8. The fourth-order valence-corrected chi connectivity index (χ4v) is 1.89. The van der Waals surface area contributed by atoms with E-state index in [-0.39, 0.29) is 0 Å². The topological polar surface area (TPSA) is 57.5 Å². The number of hydrogen-bond acceptors (Lipinski definition) is 3. The maximum absolute atomic E-state index is 11.8. The summed E-state index contributed by atoms with van der Waals surface area (Å²) in [4.78, 5) is 11.8. The van der Waals surface area contributed by atoms with Crippen LogP contribution in [0, 0.1) is 0 Å². The lowest BCUT2D eigenvalue weighted by Crippen LogP contribution is -2.26. The van der Waals surface area contributed by atoms with Crippen molar-refractivity contribution in [1.29, 1.82) is 0 Å². The minimum atomic E-state index is -1.22. The van der Waals surface area contributed by atoms with Gasteiger partial charge in [0.1, 0.15) is 12.2 Å². The van der Waals surface area contributed by atoms with Gasteiger partial charge in [-0.2, -0.15) is 0 Å². The van der Waals surface area contributed by atoms with Crippen LogP contribution in [0.1, 0.15) is 50.7 Å². The lowest BCUT2D eigenvalue weighted by molar-refractivity contribution is -0.136. The minimum Gasteiger partial charge on any atom is -0.385 e. The molecule has 3 heteroatoms. The number of aliphatic hydroxyl groups excluding tert-OH is 2. The summed E-state index contributed by atoms with van der Waals surface area (Å²) >= 11 is 0. The molecule has 0 aliphatic heterocycles. The van der Waals surface area contributed by atoms with Crippen molar-refractivity contribution in [2.45, 2.75) is 51.2 Å². The molecule has 0 amide bonds. The highest BCUT2D eigenvalue weighted by molar-refractivity contribution is 5.87. The van der Waals surface area contributed by atoms with Crippen LogP contribution >= 0.6 is 0 Å². The molecule has 2 atom stereocenters. The van der Waals surface area contributed by atoms with E-state index in [2.05, 4.69) is 6.92 Å². The van der Waals surface area contributed by atoms with Gasteiger partial charge in [-0.25, -0.2) is 0 Å². The third kappa shape index (κ3) is 4.59. The number of benzene rings is 1. The number of carbonyl (C=O) groups is 1. The van der Waals surface area contributed by atoms with Crippen molar-refractivity contribution in [1.82, 2.24) is 0 Å². The summed E-state index contributed by atoms with van der Waals surface area (Å²) < 4.78 is 0. The summed E-state index contributed by atoms with van der Waals surface area (Å²) in [6.45, 7) is 2.11. The van der Waals surface area contributed by atoms with E-state index >= 15 is 0 Å². The van der Waals surface area contributed by atoms with Crippen molar-refractivity contribution in [2.24, 2.45) is 0 Å². The second-order valence-electron chi connectivity index (χ2n) is 4.58. The van der Waals surface area contributed by atoms with Crippen LogP contribution in [-0.2, 0) is 4.79 Å². The Morgan fingerprint density at radius 1 is 1.11 bits per heavy atom. The first kappa shape index (κ1) is 14.9. The summed E-state index contributed by atoms with van der Waals surface area (Å²) in [5, 5.41) is 19.6. The number of unbranched alkanes of at least 4 members (excludes halogenated alkanes) is 3. The molecule has 2 unspecified atom stereocenters. The molecule has 0 saturated carbocycles. The highest BCUT2D eigenvalue weighted by Gasteiger charge is 2.24. The van der Waals surface area contributed by atoms with Crippen LogP contribution in [0.2, 0.25) is 0 Å². The van der Waals surface area contributed by atoms with E-state index in [4.69, 9.17) is 0 Å². The average molecular weight is 250 g/mol. The van der Waals surface area contributed by atoms with Gasteiger partial charge in [-0.1, -0.05) is 62.9 Å². The Hall–Kier alpha value is -1.19. The van der Waals surface area contributed by atoms with E-state index in [1.54, 1.807) is 24.3 Å². The quantitative estimate of drug-likeness (QED) is 0.697. The summed E-state index contributed by atoms with van der Waals surface area (Å²) in [5.41, 5.74) is 0.537. The van der Waals surface area contributed by atoms with Crippen molar-refractivity contribution < 1.29 is 15.0 Å². The molecule has 0 aliphatic rings. The monoisotopic (exact) mass is 250 g/mol. The highest BCUT2D eigenvalue weighted by Crippen LogP contribution is 2.17. The Labute approximate surface area is 108 Å². The second-order valence-corrected chi connectivity index (χ2v) is 4.58. The van der Waals surface area contributed by atoms with E-state index in [9.17, 15) is 15.0 Å². The van der Waals surface area contributed by atoms with E-state index in [0.717, 1.165) is 25.7 Å². The predicted molar refractivity (Wildman–Crippen MR) is 71.2 cm³/mol. The van der Waals surface area contributed by atoms with E-state index in [1.807, 2.05) is 6.07 Å². The van der Waals surface area contributed by atoms with Crippen molar-refractivity contribution in [3.05, 3.63) is 35.9 Å². The van der Waals surface area contributed by atoms with Crippen molar-refractivity contribution >= 4 is 5.78 Å². The van der Waals surface area contributed by atoms with Gasteiger partial charge in [0.2, 0.25) is 0 Å². The van der Waals surface area contributed by atoms with Crippen LogP contribution in [0.5, 0.6) is 0 Å². The van der Waals surface area contributed by atoms with Crippen LogP contribution in [0.15, 0.2) is 30.3 Å². The molecule has 0 heterocycles. The van der Waals surface area contributed by atoms with Gasteiger partial charge in [-0.15, -0.1) is 0 Å². The molecule has 0 saturated heterocycles. The first-order chi connectivity index (χ1) is 8.66. The van der Waals surface area contributed by atoms with E-state index in [1.165, 1.54) is 0 Å². The van der Waals surface area contributed by atoms with Crippen LogP contribution < -0.4 is 0 Å². The normalized spacial score (nSPS) is 14.2. The van der Waals surface area contributed by atoms with Crippen molar-refractivity contribution in [3.63, 3.8) is 0 Å².